The summed E-state index contributed by atoms with van der Waals surface area (Å²) in [7, 11) is 1.51. The van der Waals surface area contributed by atoms with Crippen LogP contribution in [0.5, 0.6) is 11.5 Å². The first kappa shape index (κ1) is 23.8. The normalized spacial score (nSPS) is 11.2. The van der Waals surface area contributed by atoms with Crippen LogP contribution in [0.1, 0.15) is 15.9 Å². The lowest BCUT2D eigenvalue weighted by molar-refractivity contribution is 0.0729. The average Bonchev–Trinajstić information content (AvgIpc) is 3.32. The molecule has 1 heterocycles. The van der Waals surface area contributed by atoms with Gasteiger partial charge in [-0.05, 0) is 90.5 Å². The topological polar surface area (TPSA) is 73.9 Å². The van der Waals surface area contributed by atoms with Gasteiger partial charge in [-0.15, -0.1) is 0 Å². The van der Waals surface area contributed by atoms with E-state index in [1.807, 2.05) is 42.5 Å². The molecule has 0 saturated carbocycles. The Labute approximate surface area is 220 Å². The summed E-state index contributed by atoms with van der Waals surface area (Å²) in [6.07, 6.45) is 1.70. The van der Waals surface area contributed by atoms with E-state index in [2.05, 4.69) is 25.9 Å². The highest BCUT2D eigenvalue weighted by molar-refractivity contribution is 9.10. The van der Waals surface area contributed by atoms with Crippen molar-refractivity contribution in [1.82, 2.24) is 4.98 Å². The Morgan fingerprint density at radius 1 is 0.972 bits per heavy atom. The van der Waals surface area contributed by atoms with E-state index in [1.165, 1.54) is 7.11 Å². The second-order valence-electron chi connectivity index (χ2n) is 7.74. The molecule has 0 aliphatic carbocycles. The van der Waals surface area contributed by atoms with Crippen LogP contribution in [0.15, 0.2) is 98.8 Å². The standard InChI is InChI=1S/C28H18BrClN2O4/c1-34-26-14-17(2-12-25(26)36-28(33)19-5-9-21(30)10-6-19)16-31-22-11-13-24-23(15-22)32-27(35-24)18-3-7-20(29)8-4-18/h2-16H,1H3. The third-order valence-electron chi connectivity index (χ3n) is 5.30. The van der Waals surface area contributed by atoms with Crippen molar-refractivity contribution in [2.75, 3.05) is 7.11 Å². The van der Waals surface area contributed by atoms with Crippen molar-refractivity contribution < 1.29 is 18.7 Å². The van der Waals surface area contributed by atoms with Crippen LogP contribution in [0.4, 0.5) is 5.69 Å². The summed E-state index contributed by atoms with van der Waals surface area (Å²) in [4.78, 5) is 21.6. The minimum absolute atomic E-state index is 0.305. The maximum atomic E-state index is 12.4. The van der Waals surface area contributed by atoms with E-state index < -0.39 is 5.97 Å². The molecule has 5 rings (SSSR count). The van der Waals surface area contributed by atoms with Crippen LogP contribution in [0.25, 0.3) is 22.6 Å². The molecule has 0 aliphatic heterocycles. The lowest BCUT2D eigenvalue weighted by Gasteiger charge is -2.10. The number of aromatic nitrogens is 1. The van der Waals surface area contributed by atoms with Gasteiger partial charge in [0.1, 0.15) is 5.52 Å². The summed E-state index contributed by atoms with van der Waals surface area (Å²) in [5.41, 5.74) is 4.16. The number of esters is 1. The van der Waals surface area contributed by atoms with Crippen molar-refractivity contribution in [3.8, 4) is 23.0 Å². The molecule has 0 fully saturated rings. The van der Waals surface area contributed by atoms with Gasteiger partial charge in [0.05, 0.1) is 18.4 Å². The molecule has 0 amide bonds. The highest BCUT2D eigenvalue weighted by Gasteiger charge is 2.13. The molecule has 0 atom stereocenters. The lowest BCUT2D eigenvalue weighted by atomic mass is 10.2. The summed E-state index contributed by atoms with van der Waals surface area (Å²) < 4.78 is 17.8. The number of halogens is 2. The highest BCUT2D eigenvalue weighted by atomic mass is 79.9. The van der Waals surface area contributed by atoms with Gasteiger partial charge >= 0.3 is 5.97 Å². The Balaban J connectivity index is 1.33. The summed E-state index contributed by atoms with van der Waals surface area (Å²) in [5.74, 6) is 0.758. The SMILES string of the molecule is COc1cc(C=Nc2ccc3oc(-c4ccc(Br)cc4)nc3c2)ccc1OC(=O)c1ccc(Cl)cc1. The number of benzene rings is 4. The Morgan fingerprint density at radius 2 is 1.75 bits per heavy atom. The van der Waals surface area contributed by atoms with Crippen molar-refractivity contribution >= 4 is 56.5 Å². The molecule has 36 heavy (non-hydrogen) atoms. The molecule has 178 valence electrons. The molecule has 0 bridgehead atoms. The Bertz CT molecular complexity index is 1580. The van der Waals surface area contributed by atoms with Crippen LogP contribution in [0.2, 0.25) is 5.02 Å². The average molecular weight is 562 g/mol. The zero-order valence-electron chi connectivity index (χ0n) is 18.9. The number of rotatable bonds is 6. The fourth-order valence-electron chi connectivity index (χ4n) is 3.45. The first-order valence-electron chi connectivity index (χ1n) is 10.8. The van der Waals surface area contributed by atoms with Crippen LogP contribution in [0, 0.1) is 0 Å². The Hall–Kier alpha value is -3.94. The number of fused-ring (bicyclic) bond motifs is 1. The first-order valence-corrected chi connectivity index (χ1v) is 12.0. The highest BCUT2D eigenvalue weighted by Crippen LogP contribution is 2.30. The number of methoxy groups -OCH3 is 1. The maximum absolute atomic E-state index is 12.4. The molecule has 5 aromatic rings. The van der Waals surface area contributed by atoms with Gasteiger partial charge < -0.3 is 13.9 Å². The fraction of sp³-hybridized carbons (Fsp3) is 0.0357. The zero-order valence-corrected chi connectivity index (χ0v) is 21.3. The van der Waals surface area contributed by atoms with Crippen LogP contribution >= 0.6 is 27.5 Å². The van der Waals surface area contributed by atoms with Crippen molar-refractivity contribution in [2.45, 2.75) is 0 Å². The predicted octanol–water partition coefficient (Wildman–Crippen LogP) is 7.89. The molecule has 0 unspecified atom stereocenters. The van der Waals surface area contributed by atoms with E-state index >= 15 is 0 Å². The minimum Gasteiger partial charge on any atom is -0.493 e. The van der Waals surface area contributed by atoms with Crippen molar-refractivity contribution in [2.24, 2.45) is 4.99 Å². The molecule has 0 radical (unpaired) electrons. The molecule has 1 aromatic heterocycles. The van der Waals surface area contributed by atoms with Gasteiger partial charge in [-0.3, -0.25) is 4.99 Å². The van der Waals surface area contributed by atoms with Crippen LogP contribution in [-0.2, 0) is 0 Å². The third-order valence-corrected chi connectivity index (χ3v) is 6.08. The monoisotopic (exact) mass is 560 g/mol. The number of oxazole rings is 1. The second kappa shape index (κ2) is 10.4. The number of aliphatic imine (C=N–C) groups is 1. The fourth-order valence-corrected chi connectivity index (χ4v) is 3.85. The van der Waals surface area contributed by atoms with Crippen molar-refractivity contribution in [3.05, 3.63) is 106 Å². The number of ether oxygens (including phenoxy) is 2. The van der Waals surface area contributed by atoms with E-state index in [4.69, 9.17) is 25.5 Å². The Kier molecular flexibility index (Phi) is 6.84. The minimum atomic E-state index is -0.505. The molecule has 8 heteroatoms. The van der Waals surface area contributed by atoms with Gasteiger partial charge in [-0.25, -0.2) is 9.78 Å². The van der Waals surface area contributed by atoms with Gasteiger partial charge in [0.15, 0.2) is 17.1 Å². The summed E-state index contributed by atoms with van der Waals surface area (Å²) in [6, 6.07) is 25.0. The van der Waals surface area contributed by atoms with E-state index in [9.17, 15) is 4.79 Å². The van der Waals surface area contributed by atoms with Gasteiger partial charge in [0.25, 0.3) is 0 Å². The smallest absolute Gasteiger partial charge is 0.343 e. The quantitative estimate of drug-likeness (QED) is 0.120. The number of hydrogen-bond donors (Lipinski definition) is 0. The molecular weight excluding hydrogens is 544 g/mol. The molecule has 4 aromatic carbocycles. The summed E-state index contributed by atoms with van der Waals surface area (Å²) >= 11 is 9.31. The molecule has 0 saturated heterocycles. The van der Waals surface area contributed by atoms with Gasteiger partial charge in [-0.2, -0.15) is 0 Å². The molecule has 0 spiro atoms. The van der Waals surface area contributed by atoms with Crippen molar-refractivity contribution in [1.29, 1.82) is 0 Å². The van der Waals surface area contributed by atoms with Crippen molar-refractivity contribution in [3.63, 3.8) is 0 Å². The van der Waals surface area contributed by atoms with E-state index in [1.54, 1.807) is 48.7 Å². The van der Waals surface area contributed by atoms with Crippen LogP contribution < -0.4 is 9.47 Å². The number of carbonyl (C=O) groups excluding carboxylic acids is 1. The lowest BCUT2D eigenvalue weighted by Crippen LogP contribution is -2.09. The number of carbonyl (C=O) groups is 1. The van der Waals surface area contributed by atoms with E-state index in [-0.39, 0.29) is 0 Å². The van der Waals surface area contributed by atoms with Crippen LogP contribution in [0.3, 0.4) is 0 Å². The zero-order chi connectivity index (χ0) is 25.1. The first-order chi connectivity index (χ1) is 17.5. The molecular formula is C28H18BrClN2O4. The summed E-state index contributed by atoms with van der Waals surface area (Å²) in [5, 5.41) is 0.542. The Morgan fingerprint density at radius 3 is 2.50 bits per heavy atom. The van der Waals surface area contributed by atoms with Gasteiger partial charge in [0.2, 0.25) is 5.89 Å². The third kappa shape index (κ3) is 5.32. The summed E-state index contributed by atoms with van der Waals surface area (Å²) in [6.45, 7) is 0. The molecule has 6 nitrogen and oxygen atoms in total. The second-order valence-corrected chi connectivity index (χ2v) is 9.09. The van der Waals surface area contributed by atoms with E-state index in [0.717, 1.165) is 21.3 Å². The van der Waals surface area contributed by atoms with Gasteiger partial charge in [0, 0.05) is 21.3 Å². The maximum Gasteiger partial charge on any atom is 0.343 e. The predicted molar refractivity (Wildman–Crippen MR) is 144 cm³/mol. The van der Waals surface area contributed by atoms with E-state index in [0.29, 0.717) is 39.1 Å². The number of nitrogens with zero attached hydrogens (tertiary/aromatic N) is 2. The number of hydrogen-bond acceptors (Lipinski definition) is 6. The molecule has 0 N–H and O–H groups in total. The van der Waals surface area contributed by atoms with Crippen LogP contribution in [-0.4, -0.2) is 24.3 Å². The molecule has 0 aliphatic rings. The largest absolute Gasteiger partial charge is 0.493 e. The van der Waals surface area contributed by atoms with Gasteiger partial charge in [-0.1, -0.05) is 27.5 Å².